The van der Waals surface area contributed by atoms with E-state index < -0.39 is 5.97 Å². The molecule has 1 aliphatic rings. The highest BCUT2D eigenvalue weighted by Crippen LogP contribution is 2.29. The van der Waals surface area contributed by atoms with Gasteiger partial charge in [-0.1, -0.05) is 6.42 Å². The number of rotatable bonds is 7. The SMILES string of the molecule is CC(CCCC(=O)O)NC(=O)NC(C)C1CCC1. The smallest absolute Gasteiger partial charge is 0.315 e. The zero-order chi connectivity index (χ0) is 13.5. The monoisotopic (exact) mass is 256 g/mol. The normalized spacial score (nSPS) is 18.6. The third kappa shape index (κ3) is 5.38. The maximum atomic E-state index is 11.7. The first-order valence-corrected chi connectivity index (χ1v) is 6.78. The first-order chi connectivity index (χ1) is 8.49. The molecule has 0 aromatic rings. The highest BCUT2D eigenvalue weighted by molar-refractivity contribution is 5.74. The molecule has 2 atom stereocenters. The largest absolute Gasteiger partial charge is 0.481 e. The molecule has 1 fully saturated rings. The van der Waals surface area contributed by atoms with Crippen molar-refractivity contribution < 1.29 is 14.7 Å². The summed E-state index contributed by atoms with van der Waals surface area (Å²) in [5.41, 5.74) is 0. The third-order valence-corrected chi connectivity index (χ3v) is 3.62. The Morgan fingerprint density at radius 1 is 1.28 bits per heavy atom. The van der Waals surface area contributed by atoms with Crippen molar-refractivity contribution in [2.75, 3.05) is 0 Å². The second kappa shape index (κ2) is 7.24. The van der Waals surface area contributed by atoms with Gasteiger partial charge >= 0.3 is 12.0 Å². The second-order valence-electron chi connectivity index (χ2n) is 5.28. The minimum Gasteiger partial charge on any atom is -0.481 e. The molecule has 2 unspecified atom stereocenters. The first kappa shape index (κ1) is 14.8. The van der Waals surface area contributed by atoms with Crippen molar-refractivity contribution >= 4 is 12.0 Å². The number of aliphatic carboxylic acids is 1. The zero-order valence-electron chi connectivity index (χ0n) is 11.2. The molecular weight excluding hydrogens is 232 g/mol. The number of carbonyl (C=O) groups is 2. The molecule has 1 saturated carbocycles. The van der Waals surface area contributed by atoms with Gasteiger partial charge in [0.15, 0.2) is 0 Å². The van der Waals surface area contributed by atoms with Gasteiger partial charge < -0.3 is 15.7 Å². The minimum absolute atomic E-state index is 0.0120. The third-order valence-electron chi connectivity index (χ3n) is 3.62. The Hall–Kier alpha value is -1.26. The van der Waals surface area contributed by atoms with Crippen LogP contribution in [0.2, 0.25) is 0 Å². The van der Waals surface area contributed by atoms with E-state index in [0.29, 0.717) is 18.8 Å². The lowest BCUT2D eigenvalue weighted by molar-refractivity contribution is -0.137. The van der Waals surface area contributed by atoms with Crippen LogP contribution < -0.4 is 10.6 Å². The molecule has 18 heavy (non-hydrogen) atoms. The molecule has 0 aliphatic heterocycles. The average molecular weight is 256 g/mol. The zero-order valence-corrected chi connectivity index (χ0v) is 11.2. The number of carbonyl (C=O) groups excluding carboxylic acids is 1. The van der Waals surface area contributed by atoms with E-state index in [-0.39, 0.29) is 24.5 Å². The molecule has 5 nitrogen and oxygen atoms in total. The number of carboxylic acid groups (broad SMARTS) is 1. The Kier molecular flexibility index (Phi) is 5.95. The van der Waals surface area contributed by atoms with Gasteiger partial charge in [-0.3, -0.25) is 4.79 Å². The summed E-state index contributed by atoms with van der Waals surface area (Å²) < 4.78 is 0. The lowest BCUT2D eigenvalue weighted by Crippen LogP contribution is -2.48. The summed E-state index contributed by atoms with van der Waals surface area (Å²) in [6.07, 6.45) is 5.12. The molecule has 2 amide bonds. The van der Waals surface area contributed by atoms with Crippen molar-refractivity contribution in [3.05, 3.63) is 0 Å². The van der Waals surface area contributed by atoms with Crippen molar-refractivity contribution in [3.63, 3.8) is 0 Å². The Labute approximate surface area is 108 Å². The molecule has 1 aliphatic carbocycles. The second-order valence-corrected chi connectivity index (χ2v) is 5.28. The fourth-order valence-corrected chi connectivity index (χ4v) is 2.16. The van der Waals surface area contributed by atoms with E-state index in [9.17, 15) is 9.59 Å². The van der Waals surface area contributed by atoms with Gasteiger partial charge in [-0.2, -0.15) is 0 Å². The summed E-state index contributed by atoms with van der Waals surface area (Å²) in [5, 5.41) is 14.3. The van der Waals surface area contributed by atoms with E-state index in [1.807, 2.05) is 13.8 Å². The molecule has 0 aromatic carbocycles. The van der Waals surface area contributed by atoms with Crippen LogP contribution in [0.5, 0.6) is 0 Å². The van der Waals surface area contributed by atoms with Crippen LogP contribution in [0.4, 0.5) is 4.79 Å². The molecule has 104 valence electrons. The molecule has 0 radical (unpaired) electrons. The molecule has 0 saturated heterocycles. The van der Waals surface area contributed by atoms with Gasteiger partial charge in [0.2, 0.25) is 0 Å². The fourth-order valence-electron chi connectivity index (χ4n) is 2.16. The predicted octanol–water partition coefficient (Wildman–Crippen LogP) is 2.12. The molecule has 1 rings (SSSR count). The number of nitrogens with one attached hydrogen (secondary N) is 2. The summed E-state index contributed by atoms with van der Waals surface area (Å²) >= 11 is 0. The van der Waals surface area contributed by atoms with Crippen LogP contribution in [0, 0.1) is 5.92 Å². The van der Waals surface area contributed by atoms with E-state index in [2.05, 4.69) is 10.6 Å². The lowest BCUT2D eigenvalue weighted by Gasteiger charge is -2.32. The van der Waals surface area contributed by atoms with Crippen molar-refractivity contribution in [2.45, 2.75) is 64.5 Å². The summed E-state index contributed by atoms with van der Waals surface area (Å²) in [6.45, 7) is 3.94. The van der Waals surface area contributed by atoms with Gasteiger partial charge in [-0.15, -0.1) is 0 Å². The van der Waals surface area contributed by atoms with Crippen LogP contribution in [-0.2, 0) is 4.79 Å². The predicted molar refractivity (Wildman–Crippen MR) is 69.4 cm³/mol. The van der Waals surface area contributed by atoms with Crippen LogP contribution in [0.15, 0.2) is 0 Å². The quantitative estimate of drug-likeness (QED) is 0.653. The lowest BCUT2D eigenvalue weighted by atomic mass is 9.80. The van der Waals surface area contributed by atoms with Crippen LogP contribution in [-0.4, -0.2) is 29.2 Å². The topological polar surface area (TPSA) is 78.4 Å². The Morgan fingerprint density at radius 3 is 2.44 bits per heavy atom. The molecule has 0 heterocycles. The van der Waals surface area contributed by atoms with E-state index in [1.165, 1.54) is 19.3 Å². The minimum atomic E-state index is -0.787. The fraction of sp³-hybridized carbons (Fsp3) is 0.846. The van der Waals surface area contributed by atoms with Crippen LogP contribution in [0.25, 0.3) is 0 Å². The van der Waals surface area contributed by atoms with Crippen LogP contribution in [0.1, 0.15) is 52.4 Å². The average Bonchev–Trinajstić information content (AvgIpc) is 2.12. The summed E-state index contributed by atoms with van der Waals surface area (Å²) in [5.74, 6) is -0.164. The Morgan fingerprint density at radius 2 is 1.94 bits per heavy atom. The maximum absolute atomic E-state index is 11.7. The summed E-state index contributed by atoms with van der Waals surface area (Å²) in [6, 6.07) is 0.0973. The van der Waals surface area contributed by atoms with E-state index in [0.717, 1.165) is 0 Å². The van der Waals surface area contributed by atoms with Crippen molar-refractivity contribution in [1.29, 1.82) is 0 Å². The van der Waals surface area contributed by atoms with Gasteiger partial charge in [0, 0.05) is 18.5 Å². The number of carboxylic acids is 1. The summed E-state index contributed by atoms with van der Waals surface area (Å²) in [4.78, 5) is 22.0. The number of hydrogen-bond donors (Lipinski definition) is 3. The Balaban J connectivity index is 2.12. The molecular formula is C13H24N2O3. The number of amides is 2. The molecule has 0 spiro atoms. The van der Waals surface area contributed by atoms with Crippen molar-refractivity contribution in [2.24, 2.45) is 5.92 Å². The van der Waals surface area contributed by atoms with Gasteiger partial charge in [-0.25, -0.2) is 4.79 Å². The van der Waals surface area contributed by atoms with Crippen molar-refractivity contribution in [3.8, 4) is 0 Å². The van der Waals surface area contributed by atoms with E-state index in [4.69, 9.17) is 5.11 Å². The van der Waals surface area contributed by atoms with Gasteiger partial charge in [0.1, 0.15) is 0 Å². The molecule has 0 bridgehead atoms. The van der Waals surface area contributed by atoms with Crippen LogP contribution >= 0.6 is 0 Å². The van der Waals surface area contributed by atoms with E-state index >= 15 is 0 Å². The van der Waals surface area contributed by atoms with E-state index in [1.54, 1.807) is 0 Å². The van der Waals surface area contributed by atoms with Crippen molar-refractivity contribution in [1.82, 2.24) is 10.6 Å². The summed E-state index contributed by atoms with van der Waals surface area (Å²) in [7, 11) is 0. The van der Waals surface area contributed by atoms with Gasteiger partial charge in [0.05, 0.1) is 0 Å². The first-order valence-electron chi connectivity index (χ1n) is 6.78. The molecule has 0 aromatic heterocycles. The van der Waals surface area contributed by atoms with Gasteiger partial charge in [-0.05, 0) is 45.4 Å². The molecule has 5 heteroatoms. The molecule has 3 N–H and O–H groups in total. The standard InChI is InChI=1S/C13H24N2O3/c1-9(5-3-8-12(16)17)14-13(18)15-10(2)11-6-4-7-11/h9-11H,3-8H2,1-2H3,(H,16,17)(H2,14,15,18). The number of hydrogen-bond acceptors (Lipinski definition) is 2. The maximum Gasteiger partial charge on any atom is 0.315 e. The van der Waals surface area contributed by atoms with Crippen LogP contribution in [0.3, 0.4) is 0 Å². The number of urea groups is 1. The highest BCUT2D eigenvalue weighted by Gasteiger charge is 2.25. The van der Waals surface area contributed by atoms with Gasteiger partial charge in [0.25, 0.3) is 0 Å². The highest BCUT2D eigenvalue weighted by atomic mass is 16.4. The Bertz CT molecular complexity index is 290.